The molecule has 0 saturated carbocycles. The minimum Gasteiger partial charge on any atom is -0.497 e. The summed E-state index contributed by atoms with van der Waals surface area (Å²) in [6.07, 6.45) is 0. The third kappa shape index (κ3) is 3.33. The highest BCUT2D eigenvalue weighted by Crippen LogP contribution is 2.32. The van der Waals surface area contributed by atoms with E-state index in [0.717, 1.165) is 43.4 Å². The zero-order valence-corrected chi connectivity index (χ0v) is 11.8. The molecule has 1 aliphatic rings. The summed E-state index contributed by atoms with van der Waals surface area (Å²) in [5.41, 5.74) is 1.02. The van der Waals surface area contributed by atoms with Crippen LogP contribution in [0.15, 0.2) is 18.2 Å². The Morgan fingerprint density at radius 2 is 1.90 bits per heavy atom. The van der Waals surface area contributed by atoms with Gasteiger partial charge in [-0.2, -0.15) is 0 Å². The van der Waals surface area contributed by atoms with E-state index in [2.05, 4.69) is 4.90 Å². The number of rotatable bonds is 5. The van der Waals surface area contributed by atoms with Crippen LogP contribution in [-0.2, 0) is 4.79 Å². The van der Waals surface area contributed by atoms with Crippen LogP contribution >= 0.6 is 0 Å². The smallest absolute Gasteiger partial charge is 0.317 e. The van der Waals surface area contributed by atoms with E-state index in [0.29, 0.717) is 0 Å². The Balaban J connectivity index is 2.04. The fourth-order valence-corrected chi connectivity index (χ4v) is 2.38. The van der Waals surface area contributed by atoms with Gasteiger partial charge < -0.3 is 19.5 Å². The van der Waals surface area contributed by atoms with Gasteiger partial charge in [0.2, 0.25) is 0 Å². The molecule has 0 radical (unpaired) electrons. The summed E-state index contributed by atoms with van der Waals surface area (Å²) in [5.74, 6) is 0.756. The standard InChI is InChI=1S/C14H20N2O4/c1-19-11-3-4-12(13(9-11)20-2)16-7-5-15(6-8-16)10-14(17)18/h3-4,9H,5-8,10H2,1-2H3,(H,17,18). The lowest BCUT2D eigenvalue weighted by atomic mass is 10.2. The molecule has 0 aliphatic carbocycles. The van der Waals surface area contributed by atoms with E-state index in [1.807, 2.05) is 23.1 Å². The van der Waals surface area contributed by atoms with Crippen molar-refractivity contribution < 1.29 is 19.4 Å². The zero-order chi connectivity index (χ0) is 14.5. The molecule has 1 aliphatic heterocycles. The lowest BCUT2D eigenvalue weighted by molar-refractivity contribution is -0.138. The highest BCUT2D eigenvalue weighted by atomic mass is 16.5. The van der Waals surface area contributed by atoms with Crippen molar-refractivity contribution in [2.75, 3.05) is 51.8 Å². The van der Waals surface area contributed by atoms with Crippen molar-refractivity contribution in [3.63, 3.8) is 0 Å². The molecule has 1 fully saturated rings. The second-order valence-corrected chi connectivity index (χ2v) is 4.69. The summed E-state index contributed by atoms with van der Waals surface area (Å²) >= 11 is 0. The number of hydrogen-bond acceptors (Lipinski definition) is 5. The number of benzene rings is 1. The average molecular weight is 280 g/mol. The van der Waals surface area contributed by atoms with Crippen molar-refractivity contribution in [3.8, 4) is 11.5 Å². The summed E-state index contributed by atoms with van der Waals surface area (Å²) in [6.45, 7) is 3.16. The average Bonchev–Trinajstić information content (AvgIpc) is 2.47. The van der Waals surface area contributed by atoms with E-state index in [1.54, 1.807) is 14.2 Å². The molecule has 20 heavy (non-hydrogen) atoms. The molecular weight excluding hydrogens is 260 g/mol. The minimum atomic E-state index is -0.777. The van der Waals surface area contributed by atoms with Gasteiger partial charge in [-0.1, -0.05) is 0 Å². The summed E-state index contributed by atoms with van der Waals surface area (Å²) < 4.78 is 10.6. The van der Waals surface area contributed by atoms with E-state index in [4.69, 9.17) is 14.6 Å². The molecular formula is C14H20N2O4. The number of hydrogen-bond donors (Lipinski definition) is 1. The predicted molar refractivity (Wildman–Crippen MR) is 75.8 cm³/mol. The minimum absolute atomic E-state index is 0.105. The van der Waals surface area contributed by atoms with Crippen molar-refractivity contribution >= 4 is 11.7 Å². The molecule has 0 spiro atoms. The third-order valence-corrected chi connectivity index (χ3v) is 3.46. The lowest BCUT2D eigenvalue weighted by Gasteiger charge is -2.35. The first-order valence-electron chi connectivity index (χ1n) is 6.55. The summed E-state index contributed by atoms with van der Waals surface area (Å²) in [4.78, 5) is 14.8. The number of methoxy groups -OCH3 is 2. The van der Waals surface area contributed by atoms with Gasteiger partial charge in [0, 0.05) is 32.2 Å². The Morgan fingerprint density at radius 1 is 1.20 bits per heavy atom. The molecule has 1 aromatic rings. The molecule has 1 saturated heterocycles. The molecule has 0 amide bonds. The van der Waals surface area contributed by atoms with Crippen LogP contribution in [0.5, 0.6) is 11.5 Å². The van der Waals surface area contributed by atoms with Crippen LogP contribution in [0.2, 0.25) is 0 Å². The first kappa shape index (κ1) is 14.5. The van der Waals surface area contributed by atoms with Gasteiger partial charge in [0.15, 0.2) is 0 Å². The number of piperazine rings is 1. The normalized spacial score (nSPS) is 16.0. The quantitative estimate of drug-likeness (QED) is 0.865. The van der Waals surface area contributed by atoms with Crippen molar-refractivity contribution in [1.82, 2.24) is 4.90 Å². The molecule has 2 rings (SSSR count). The van der Waals surface area contributed by atoms with Gasteiger partial charge in [-0.15, -0.1) is 0 Å². The molecule has 110 valence electrons. The van der Waals surface area contributed by atoms with Crippen LogP contribution < -0.4 is 14.4 Å². The number of carbonyl (C=O) groups is 1. The topological polar surface area (TPSA) is 62.2 Å². The van der Waals surface area contributed by atoms with Gasteiger partial charge in [0.1, 0.15) is 11.5 Å². The van der Waals surface area contributed by atoms with Crippen molar-refractivity contribution in [2.45, 2.75) is 0 Å². The lowest BCUT2D eigenvalue weighted by Crippen LogP contribution is -2.48. The Kier molecular flexibility index (Phi) is 4.68. The number of anilines is 1. The molecule has 0 aromatic heterocycles. The number of nitrogens with zero attached hydrogens (tertiary/aromatic N) is 2. The van der Waals surface area contributed by atoms with Gasteiger partial charge in [-0.05, 0) is 12.1 Å². The SMILES string of the molecule is COc1ccc(N2CCN(CC(=O)O)CC2)c(OC)c1. The maximum absolute atomic E-state index is 10.7. The Hall–Kier alpha value is -1.95. The molecule has 0 bridgehead atoms. The van der Waals surface area contributed by atoms with E-state index in [-0.39, 0.29) is 6.54 Å². The van der Waals surface area contributed by atoms with Crippen LogP contribution in [0.25, 0.3) is 0 Å². The number of aliphatic carboxylic acids is 1. The van der Waals surface area contributed by atoms with Crippen LogP contribution in [0.4, 0.5) is 5.69 Å². The van der Waals surface area contributed by atoms with Crippen LogP contribution in [0.3, 0.4) is 0 Å². The monoisotopic (exact) mass is 280 g/mol. The van der Waals surface area contributed by atoms with Crippen LogP contribution in [0, 0.1) is 0 Å². The molecule has 1 aromatic carbocycles. The number of carboxylic acid groups (broad SMARTS) is 1. The van der Waals surface area contributed by atoms with Gasteiger partial charge in [-0.25, -0.2) is 0 Å². The van der Waals surface area contributed by atoms with Gasteiger partial charge in [-0.3, -0.25) is 9.69 Å². The van der Waals surface area contributed by atoms with E-state index < -0.39 is 5.97 Å². The summed E-state index contributed by atoms with van der Waals surface area (Å²) in [7, 11) is 3.26. The highest BCUT2D eigenvalue weighted by Gasteiger charge is 2.21. The molecule has 6 heteroatoms. The van der Waals surface area contributed by atoms with E-state index >= 15 is 0 Å². The first-order valence-corrected chi connectivity index (χ1v) is 6.55. The molecule has 0 atom stereocenters. The maximum Gasteiger partial charge on any atom is 0.317 e. The zero-order valence-electron chi connectivity index (χ0n) is 11.8. The van der Waals surface area contributed by atoms with Gasteiger partial charge in [0.25, 0.3) is 0 Å². The second-order valence-electron chi connectivity index (χ2n) is 4.69. The number of ether oxygens (including phenoxy) is 2. The van der Waals surface area contributed by atoms with E-state index in [1.165, 1.54) is 0 Å². The Morgan fingerprint density at radius 3 is 2.45 bits per heavy atom. The van der Waals surface area contributed by atoms with Gasteiger partial charge in [0.05, 0.1) is 26.5 Å². The second kappa shape index (κ2) is 6.47. The summed E-state index contributed by atoms with van der Waals surface area (Å²) in [6, 6.07) is 5.74. The van der Waals surface area contributed by atoms with Crippen molar-refractivity contribution in [2.24, 2.45) is 0 Å². The summed E-state index contributed by atoms with van der Waals surface area (Å²) in [5, 5.41) is 8.80. The fourth-order valence-electron chi connectivity index (χ4n) is 2.38. The Bertz CT molecular complexity index is 470. The van der Waals surface area contributed by atoms with Crippen molar-refractivity contribution in [1.29, 1.82) is 0 Å². The van der Waals surface area contributed by atoms with E-state index in [9.17, 15) is 4.79 Å². The van der Waals surface area contributed by atoms with Crippen LogP contribution in [0.1, 0.15) is 0 Å². The molecule has 1 N–H and O–H groups in total. The predicted octanol–water partition coefficient (Wildman–Crippen LogP) is 0.910. The molecule has 6 nitrogen and oxygen atoms in total. The molecule has 1 heterocycles. The number of carboxylic acids is 1. The van der Waals surface area contributed by atoms with Crippen molar-refractivity contribution in [3.05, 3.63) is 18.2 Å². The maximum atomic E-state index is 10.7. The highest BCUT2D eigenvalue weighted by molar-refractivity contribution is 5.69. The van der Waals surface area contributed by atoms with Crippen LogP contribution in [-0.4, -0.2) is 62.9 Å². The largest absolute Gasteiger partial charge is 0.497 e. The first-order chi connectivity index (χ1) is 9.63. The van der Waals surface area contributed by atoms with Gasteiger partial charge >= 0.3 is 5.97 Å². The fraction of sp³-hybridized carbons (Fsp3) is 0.500. The third-order valence-electron chi connectivity index (χ3n) is 3.46. The molecule has 0 unspecified atom stereocenters. The Labute approximate surface area is 118 Å².